The van der Waals surface area contributed by atoms with Crippen LogP contribution in [0.5, 0.6) is 0 Å². The van der Waals surface area contributed by atoms with Crippen molar-refractivity contribution in [3.05, 3.63) is 35.4 Å². The number of carbonyl (C=O) groups excluding carboxylic acids is 1. The number of nitrogens with zero attached hydrogens (tertiary/aromatic N) is 2. The first-order chi connectivity index (χ1) is 10.6. The fraction of sp³-hybridized carbons (Fsp3) is 0.632. The maximum absolute atomic E-state index is 12.2. The second kappa shape index (κ2) is 6.62. The van der Waals surface area contributed by atoms with Crippen LogP contribution in [0.2, 0.25) is 0 Å². The molecule has 2 rings (SSSR count). The molecule has 0 atom stereocenters. The van der Waals surface area contributed by atoms with Crippen LogP contribution in [0.15, 0.2) is 24.3 Å². The molecule has 1 amide bonds. The van der Waals surface area contributed by atoms with Crippen molar-refractivity contribution < 1.29 is 4.79 Å². The summed E-state index contributed by atoms with van der Waals surface area (Å²) in [6.07, 6.45) is 0. The van der Waals surface area contributed by atoms with Crippen molar-refractivity contribution >= 4 is 5.91 Å². The molecule has 1 fully saturated rings. The predicted octanol–water partition coefficient (Wildman–Crippen LogP) is 2.37. The van der Waals surface area contributed by atoms with Crippen LogP contribution in [-0.4, -0.2) is 47.4 Å². The van der Waals surface area contributed by atoms with E-state index in [1.807, 2.05) is 4.90 Å². The van der Waals surface area contributed by atoms with E-state index in [0.717, 1.165) is 32.7 Å². The van der Waals surface area contributed by atoms with Gasteiger partial charge in [0.25, 0.3) is 0 Å². The summed E-state index contributed by atoms with van der Waals surface area (Å²) in [5.74, 6) is 0.0479. The highest BCUT2D eigenvalue weighted by atomic mass is 16.2. The van der Waals surface area contributed by atoms with Gasteiger partial charge in [0, 0.05) is 32.7 Å². The van der Waals surface area contributed by atoms with E-state index < -0.39 is 5.54 Å². The molecule has 1 aromatic rings. The van der Waals surface area contributed by atoms with Crippen LogP contribution >= 0.6 is 0 Å². The lowest BCUT2D eigenvalue weighted by Crippen LogP contribution is -2.56. The molecule has 0 saturated carbocycles. The van der Waals surface area contributed by atoms with Crippen LogP contribution < -0.4 is 5.73 Å². The molecule has 128 valence electrons. The van der Waals surface area contributed by atoms with E-state index in [2.05, 4.69) is 49.9 Å². The predicted molar refractivity (Wildman–Crippen MR) is 95.3 cm³/mol. The quantitative estimate of drug-likeness (QED) is 0.931. The van der Waals surface area contributed by atoms with Gasteiger partial charge in [-0.05, 0) is 30.4 Å². The smallest absolute Gasteiger partial charge is 0.242 e. The summed E-state index contributed by atoms with van der Waals surface area (Å²) >= 11 is 0. The number of carbonyl (C=O) groups is 1. The van der Waals surface area contributed by atoms with Crippen molar-refractivity contribution in [2.75, 3.05) is 26.2 Å². The minimum absolute atomic E-state index is 0.0479. The van der Waals surface area contributed by atoms with Crippen molar-refractivity contribution in [3.63, 3.8) is 0 Å². The van der Waals surface area contributed by atoms with Crippen molar-refractivity contribution in [1.82, 2.24) is 9.80 Å². The first kappa shape index (κ1) is 18.0. The molecule has 0 radical (unpaired) electrons. The third kappa shape index (κ3) is 4.79. The van der Waals surface area contributed by atoms with Gasteiger partial charge in [0.05, 0.1) is 5.54 Å². The fourth-order valence-electron chi connectivity index (χ4n) is 2.88. The van der Waals surface area contributed by atoms with Crippen LogP contribution in [-0.2, 0) is 16.8 Å². The summed E-state index contributed by atoms with van der Waals surface area (Å²) < 4.78 is 0. The molecule has 4 nitrogen and oxygen atoms in total. The first-order valence-corrected chi connectivity index (χ1v) is 8.47. The molecule has 1 aromatic carbocycles. The van der Waals surface area contributed by atoms with E-state index >= 15 is 0 Å². The van der Waals surface area contributed by atoms with Gasteiger partial charge in [-0.15, -0.1) is 0 Å². The SMILES string of the molecule is CC(C)(N)C(=O)N1CCN(Cc2ccc(C(C)(C)C)cc2)CC1. The van der Waals surface area contributed by atoms with Gasteiger partial charge in [-0.2, -0.15) is 0 Å². The maximum Gasteiger partial charge on any atom is 0.242 e. The van der Waals surface area contributed by atoms with E-state index in [1.54, 1.807) is 13.8 Å². The second-order valence-electron chi connectivity index (χ2n) is 8.24. The Labute approximate surface area is 140 Å². The highest BCUT2D eigenvalue weighted by Gasteiger charge is 2.30. The van der Waals surface area contributed by atoms with Gasteiger partial charge >= 0.3 is 0 Å². The summed E-state index contributed by atoms with van der Waals surface area (Å²) in [6.45, 7) is 14.5. The van der Waals surface area contributed by atoms with Crippen molar-refractivity contribution in [3.8, 4) is 0 Å². The molecule has 0 spiro atoms. The number of amides is 1. The average molecular weight is 317 g/mol. The molecule has 0 aromatic heterocycles. The summed E-state index contributed by atoms with van der Waals surface area (Å²) in [4.78, 5) is 16.5. The number of hydrogen-bond donors (Lipinski definition) is 1. The van der Waals surface area contributed by atoms with Crippen LogP contribution in [0.25, 0.3) is 0 Å². The van der Waals surface area contributed by atoms with Crippen LogP contribution in [0.1, 0.15) is 45.7 Å². The third-order valence-electron chi connectivity index (χ3n) is 4.44. The van der Waals surface area contributed by atoms with E-state index in [-0.39, 0.29) is 11.3 Å². The van der Waals surface area contributed by atoms with Crippen LogP contribution in [0.4, 0.5) is 0 Å². The van der Waals surface area contributed by atoms with Crippen molar-refractivity contribution in [2.45, 2.75) is 52.1 Å². The van der Waals surface area contributed by atoms with Gasteiger partial charge in [0.1, 0.15) is 0 Å². The van der Waals surface area contributed by atoms with E-state index in [4.69, 9.17) is 5.73 Å². The summed E-state index contributed by atoms with van der Waals surface area (Å²) in [7, 11) is 0. The first-order valence-electron chi connectivity index (χ1n) is 8.47. The zero-order valence-electron chi connectivity index (χ0n) is 15.2. The van der Waals surface area contributed by atoms with Gasteiger partial charge in [0.2, 0.25) is 5.91 Å². The monoisotopic (exact) mass is 317 g/mol. The summed E-state index contributed by atoms with van der Waals surface area (Å²) in [5, 5.41) is 0. The molecule has 23 heavy (non-hydrogen) atoms. The Kier molecular flexibility index (Phi) is 5.17. The van der Waals surface area contributed by atoms with Gasteiger partial charge in [0.15, 0.2) is 0 Å². The molecule has 0 bridgehead atoms. The number of rotatable bonds is 3. The Bertz CT molecular complexity index is 529. The Balaban J connectivity index is 1.88. The highest BCUT2D eigenvalue weighted by molar-refractivity contribution is 5.85. The van der Waals surface area contributed by atoms with Crippen molar-refractivity contribution in [2.24, 2.45) is 5.73 Å². The minimum Gasteiger partial charge on any atom is -0.339 e. The van der Waals surface area contributed by atoms with Crippen LogP contribution in [0, 0.1) is 0 Å². The second-order valence-corrected chi connectivity index (χ2v) is 8.24. The molecule has 4 heteroatoms. The molecular formula is C19H31N3O. The number of benzene rings is 1. The molecule has 0 unspecified atom stereocenters. The Hall–Kier alpha value is -1.39. The topological polar surface area (TPSA) is 49.6 Å². The number of piperazine rings is 1. The van der Waals surface area contributed by atoms with Crippen LogP contribution in [0.3, 0.4) is 0 Å². The lowest BCUT2D eigenvalue weighted by molar-refractivity contribution is -0.137. The third-order valence-corrected chi connectivity index (χ3v) is 4.44. The molecule has 1 saturated heterocycles. The fourth-order valence-corrected chi connectivity index (χ4v) is 2.88. The molecule has 1 heterocycles. The molecule has 1 aliphatic heterocycles. The number of nitrogens with two attached hydrogens (primary N) is 1. The maximum atomic E-state index is 12.2. The standard InChI is InChI=1S/C19H31N3O/c1-18(2,3)16-8-6-15(7-9-16)14-21-10-12-22(13-11-21)17(23)19(4,5)20/h6-9H,10-14,20H2,1-5H3. The highest BCUT2D eigenvalue weighted by Crippen LogP contribution is 2.22. The van der Waals surface area contributed by atoms with Crippen molar-refractivity contribution in [1.29, 1.82) is 0 Å². The van der Waals surface area contributed by atoms with E-state index in [1.165, 1.54) is 11.1 Å². The Morgan fingerprint density at radius 2 is 1.52 bits per heavy atom. The molecule has 2 N–H and O–H groups in total. The van der Waals surface area contributed by atoms with Gasteiger partial charge in [-0.1, -0.05) is 45.0 Å². The summed E-state index contributed by atoms with van der Waals surface area (Å²) in [6, 6.07) is 8.90. The van der Waals surface area contributed by atoms with E-state index in [9.17, 15) is 4.79 Å². The number of hydrogen-bond acceptors (Lipinski definition) is 3. The minimum atomic E-state index is -0.773. The normalized spacial score (nSPS) is 17.4. The molecule has 1 aliphatic rings. The Morgan fingerprint density at radius 1 is 1.00 bits per heavy atom. The lowest BCUT2D eigenvalue weighted by Gasteiger charge is -2.37. The van der Waals surface area contributed by atoms with Gasteiger partial charge in [-0.3, -0.25) is 9.69 Å². The van der Waals surface area contributed by atoms with E-state index in [0.29, 0.717) is 0 Å². The van der Waals surface area contributed by atoms with Gasteiger partial charge < -0.3 is 10.6 Å². The molecular weight excluding hydrogens is 286 g/mol. The average Bonchev–Trinajstić information content (AvgIpc) is 2.46. The van der Waals surface area contributed by atoms with Gasteiger partial charge in [-0.25, -0.2) is 0 Å². The largest absolute Gasteiger partial charge is 0.339 e. The summed E-state index contributed by atoms with van der Waals surface area (Å²) in [5.41, 5.74) is 8.03. The zero-order valence-corrected chi connectivity index (χ0v) is 15.2. The Morgan fingerprint density at radius 3 is 1.96 bits per heavy atom. The molecule has 0 aliphatic carbocycles. The zero-order chi connectivity index (χ0) is 17.3. The lowest BCUT2D eigenvalue weighted by atomic mass is 9.87.